The monoisotopic (exact) mass is 292 g/mol. The van der Waals surface area contributed by atoms with E-state index < -0.39 is 0 Å². The molecule has 1 heterocycles. The average Bonchev–Trinajstić information content (AvgIpc) is 2.66. The maximum absolute atomic E-state index is 13.8. The molecule has 1 aliphatic rings. The largest absolute Gasteiger partial charge is 0.330 e. The molecule has 1 aromatic rings. The predicted molar refractivity (Wildman–Crippen MR) is 75.7 cm³/mol. The quantitative estimate of drug-likeness (QED) is 0.928. The minimum absolute atomic E-state index is 0. The first-order valence-corrected chi connectivity index (χ1v) is 6.36. The minimum atomic E-state index is -0.294. The van der Waals surface area contributed by atoms with E-state index in [1.807, 2.05) is 0 Å². The molecule has 0 bridgehead atoms. The third-order valence-electron chi connectivity index (χ3n) is 3.53. The fourth-order valence-corrected chi connectivity index (χ4v) is 2.69. The Morgan fingerprint density at radius 3 is 2.83 bits per heavy atom. The van der Waals surface area contributed by atoms with Crippen LogP contribution in [0.3, 0.4) is 0 Å². The summed E-state index contributed by atoms with van der Waals surface area (Å²) in [5, 5.41) is 0.199. The van der Waals surface area contributed by atoms with Gasteiger partial charge in [-0.1, -0.05) is 23.7 Å². The molecule has 102 valence electrons. The van der Waals surface area contributed by atoms with Crippen LogP contribution in [0.1, 0.15) is 18.9 Å². The summed E-state index contributed by atoms with van der Waals surface area (Å²) in [4.78, 5) is 2.27. The Kier molecular flexibility index (Phi) is 5.86. The number of rotatable bonds is 3. The molecule has 2 rings (SSSR count). The molecule has 1 saturated heterocycles. The zero-order valence-corrected chi connectivity index (χ0v) is 12.0. The number of benzene rings is 1. The van der Waals surface area contributed by atoms with Gasteiger partial charge in [-0.15, -0.1) is 12.4 Å². The van der Waals surface area contributed by atoms with E-state index in [4.69, 9.17) is 17.3 Å². The van der Waals surface area contributed by atoms with Crippen molar-refractivity contribution in [2.24, 2.45) is 11.7 Å². The van der Waals surface area contributed by atoms with E-state index in [0.29, 0.717) is 30.6 Å². The van der Waals surface area contributed by atoms with Crippen molar-refractivity contribution < 1.29 is 4.39 Å². The Labute approximate surface area is 119 Å². The van der Waals surface area contributed by atoms with E-state index in [1.165, 1.54) is 0 Å². The lowest BCUT2D eigenvalue weighted by Gasteiger charge is -2.21. The fourth-order valence-electron chi connectivity index (χ4n) is 2.50. The number of hydrogen-bond donors (Lipinski definition) is 1. The van der Waals surface area contributed by atoms with E-state index in [2.05, 4.69) is 11.8 Å². The Morgan fingerprint density at radius 1 is 1.50 bits per heavy atom. The molecule has 0 spiro atoms. The lowest BCUT2D eigenvalue weighted by molar-refractivity contribution is 0.252. The van der Waals surface area contributed by atoms with E-state index in [1.54, 1.807) is 18.2 Å². The summed E-state index contributed by atoms with van der Waals surface area (Å²) in [5.74, 6) is 0.241. The summed E-state index contributed by atoms with van der Waals surface area (Å²) in [6, 6.07) is 5.63. The summed E-state index contributed by atoms with van der Waals surface area (Å²) in [6.45, 7) is 4.44. The highest BCUT2D eigenvalue weighted by molar-refractivity contribution is 6.30. The van der Waals surface area contributed by atoms with Crippen LogP contribution in [0.2, 0.25) is 5.02 Å². The number of hydrogen-bond acceptors (Lipinski definition) is 2. The van der Waals surface area contributed by atoms with Gasteiger partial charge in [-0.3, -0.25) is 4.90 Å². The molecule has 2 N–H and O–H groups in total. The molecule has 0 aromatic heterocycles. The van der Waals surface area contributed by atoms with Gasteiger partial charge in [-0.25, -0.2) is 4.39 Å². The predicted octanol–water partition coefficient (Wildman–Crippen LogP) is 3.07. The topological polar surface area (TPSA) is 29.3 Å². The summed E-state index contributed by atoms with van der Waals surface area (Å²) >= 11 is 5.78. The second kappa shape index (κ2) is 6.71. The third kappa shape index (κ3) is 3.35. The fraction of sp³-hybridized carbons (Fsp3) is 0.538. The van der Waals surface area contributed by atoms with Crippen LogP contribution in [-0.2, 0) is 6.54 Å². The van der Waals surface area contributed by atoms with Gasteiger partial charge in [-0.2, -0.15) is 0 Å². The van der Waals surface area contributed by atoms with Gasteiger partial charge in [0.05, 0.1) is 5.02 Å². The zero-order chi connectivity index (χ0) is 12.4. The molecule has 1 aromatic carbocycles. The first-order chi connectivity index (χ1) is 8.11. The summed E-state index contributed by atoms with van der Waals surface area (Å²) in [5.41, 5.74) is 6.35. The Hall–Kier alpha value is -0.350. The SMILES string of the molecule is CC1CC(CN)CN1Cc1cccc(Cl)c1F.Cl. The van der Waals surface area contributed by atoms with Crippen LogP contribution in [0.4, 0.5) is 4.39 Å². The van der Waals surface area contributed by atoms with E-state index in [-0.39, 0.29) is 23.2 Å². The second-order valence-electron chi connectivity index (χ2n) is 4.83. The van der Waals surface area contributed by atoms with Crippen molar-refractivity contribution in [2.75, 3.05) is 13.1 Å². The smallest absolute Gasteiger partial charge is 0.146 e. The Bertz CT molecular complexity index is 401. The highest BCUT2D eigenvalue weighted by Gasteiger charge is 2.28. The number of halogens is 3. The first-order valence-electron chi connectivity index (χ1n) is 5.98. The molecule has 18 heavy (non-hydrogen) atoms. The molecule has 5 heteroatoms. The van der Waals surface area contributed by atoms with Gasteiger partial charge < -0.3 is 5.73 Å². The van der Waals surface area contributed by atoms with Crippen molar-refractivity contribution in [1.82, 2.24) is 4.90 Å². The van der Waals surface area contributed by atoms with Gasteiger partial charge >= 0.3 is 0 Å². The van der Waals surface area contributed by atoms with Crippen LogP contribution in [0.25, 0.3) is 0 Å². The van der Waals surface area contributed by atoms with Crippen LogP contribution in [-0.4, -0.2) is 24.0 Å². The van der Waals surface area contributed by atoms with Gasteiger partial charge in [-0.05, 0) is 31.9 Å². The average molecular weight is 293 g/mol. The molecule has 2 unspecified atom stereocenters. The van der Waals surface area contributed by atoms with Crippen LogP contribution in [0.5, 0.6) is 0 Å². The van der Waals surface area contributed by atoms with E-state index >= 15 is 0 Å². The molecule has 0 aliphatic carbocycles. The Morgan fingerprint density at radius 2 is 2.22 bits per heavy atom. The van der Waals surface area contributed by atoms with Crippen LogP contribution in [0, 0.1) is 11.7 Å². The molecule has 0 amide bonds. The molecule has 0 saturated carbocycles. The summed E-state index contributed by atoms with van der Waals surface area (Å²) in [7, 11) is 0. The summed E-state index contributed by atoms with van der Waals surface area (Å²) in [6.07, 6.45) is 1.10. The normalized spacial score (nSPS) is 24.0. The highest BCUT2D eigenvalue weighted by Crippen LogP contribution is 2.26. The van der Waals surface area contributed by atoms with Crippen molar-refractivity contribution in [3.63, 3.8) is 0 Å². The number of nitrogens with two attached hydrogens (primary N) is 1. The lowest BCUT2D eigenvalue weighted by atomic mass is 10.1. The summed E-state index contributed by atoms with van der Waals surface area (Å²) < 4.78 is 13.8. The number of likely N-dealkylation sites (tertiary alicyclic amines) is 1. The Balaban J connectivity index is 0.00000162. The molecule has 0 radical (unpaired) electrons. The van der Waals surface area contributed by atoms with Crippen molar-refractivity contribution in [3.8, 4) is 0 Å². The van der Waals surface area contributed by atoms with E-state index in [0.717, 1.165) is 13.0 Å². The van der Waals surface area contributed by atoms with Gasteiger partial charge in [0.25, 0.3) is 0 Å². The van der Waals surface area contributed by atoms with Crippen molar-refractivity contribution in [2.45, 2.75) is 25.9 Å². The molecular weight excluding hydrogens is 274 g/mol. The minimum Gasteiger partial charge on any atom is -0.330 e. The third-order valence-corrected chi connectivity index (χ3v) is 3.82. The maximum Gasteiger partial charge on any atom is 0.146 e. The maximum atomic E-state index is 13.8. The molecule has 2 nitrogen and oxygen atoms in total. The van der Waals surface area contributed by atoms with Crippen LogP contribution < -0.4 is 5.73 Å². The molecule has 1 aliphatic heterocycles. The standard InChI is InChI=1S/C13H18ClFN2.ClH/c1-9-5-10(6-16)7-17(9)8-11-3-2-4-12(14)13(11)15;/h2-4,9-10H,5-8,16H2,1H3;1H. The van der Waals surface area contributed by atoms with Crippen molar-refractivity contribution in [1.29, 1.82) is 0 Å². The lowest BCUT2D eigenvalue weighted by Crippen LogP contribution is -2.27. The van der Waals surface area contributed by atoms with Crippen LogP contribution >= 0.6 is 24.0 Å². The van der Waals surface area contributed by atoms with Gasteiger partial charge in [0.1, 0.15) is 5.82 Å². The van der Waals surface area contributed by atoms with Gasteiger partial charge in [0.15, 0.2) is 0 Å². The second-order valence-corrected chi connectivity index (χ2v) is 5.24. The molecular formula is C13H19Cl2FN2. The van der Waals surface area contributed by atoms with Crippen LogP contribution in [0.15, 0.2) is 18.2 Å². The number of nitrogens with zero attached hydrogens (tertiary/aromatic N) is 1. The van der Waals surface area contributed by atoms with Gasteiger partial charge in [0, 0.05) is 24.7 Å². The molecule has 1 fully saturated rings. The van der Waals surface area contributed by atoms with Crippen molar-refractivity contribution in [3.05, 3.63) is 34.6 Å². The van der Waals surface area contributed by atoms with E-state index in [9.17, 15) is 4.39 Å². The van der Waals surface area contributed by atoms with Gasteiger partial charge in [0.2, 0.25) is 0 Å². The zero-order valence-electron chi connectivity index (χ0n) is 10.4. The van der Waals surface area contributed by atoms with Crippen molar-refractivity contribution >= 4 is 24.0 Å². The molecule has 2 atom stereocenters. The highest BCUT2D eigenvalue weighted by atomic mass is 35.5. The first kappa shape index (κ1) is 15.7.